The molecule has 2 aromatic carbocycles. The first kappa shape index (κ1) is 11.0. The van der Waals surface area contributed by atoms with Gasteiger partial charge in [0, 0.05) is 5.02 Å². The molecule has 0 saturated heterocycles. The van der Waals surface area contributed by atoms with Crippen LogP contribution in [0.25, 0.3) is 17.2 Å². The lowest BCUT2D eigenvalue weighted by atomic mass is 10.0. The molecule has 0 nitrogen and oxygen atoms in total. The third-order valence-electron chi connectivity index (χ3n) is 2.51. The minimum Gasteiger partial charge on any atom is -0.0985 e. The largest absolute Gasteiger partial charge is 0.0985 e. The second kappa shape index (κ2) is 4.54. The minimum atomic E-state index is 0.764. The Morgan fingerprint density at radius 1 is 1.00 bits per heavy atom. The summed E-state index contributed by atoms with van der Waals surface area (Å²) in [5, 5.41) is 0.764. The minimum absolute atomic E-state index is 0.764. The van der Waals surface area contributed by atoms with Gasteiger partial charge in [0.15, 0.2) is 0 Å². The molecule has 0 N–H and O–H groups in total. The van der Waals surface area contributed by atoms with Crippen molar-refractivity contribution in [1.29, 1.82) is 0 Å². The Bertz CT molecular complexity index is 509. The van der Waals surface area contributed by atoms with E-state index in [0.29, 0.717) is 0 Å². The molecule has 0 radical (unpaired) electrons. The Morgan fingerprint density at radius 3 is 2.31 bits per heavy atom. The molecule has 2 rings (SSSR count). The van der Waals surface area contributed by atoms with E-state index in [9.17, 15) is 0 Å². The molecule has 0 unspecified atom stereocenters. The molecule has 2 aromatic rings. The summed E-state index contributed by atoms with van der Waals surface area (Å²) in [6, 6.07) is 14.3. The van der Waals surface area contributed by atoms with E-state index in [0.717, 1.165) is 10.6 Å². The average Bonchev–Trinajstić information content (AvgIpc) is 2.29. The molecule has 0 amide bonds. The number of halogens is 1. The summed E-state index contributed by atoms with van der Waals surface area (Å²) >= 11 is 5.87. The van der Waals surface area contributed by atoms with Crippen molar-refractivity contribution in [3.63, 3.8) is 0 Å². The first-order valence-corrected chi connectivity index (χ1v) is 5.57. The van der Waals surface area contributed by atoms with Crippen LogP contribution in [0, 0.1) is 6.92 Å². The predicted molar refractivity (Wildman–Crippen MR) is 71.7 cm³/mol. The van der Waals surface area contributed by atoms with Crippen LogP contribution in [-0.2, 0) is 0 Å². The third kappa shape index (κ3) is 2.34. The van der Waals surface area contributed by atoms with Crippen molar-refractivity contribution >= 4 is 17.7 Å². The van der Waals surface area contributed by atoms with Crippen LogP contribution in [0.1, 0.15) is 11.1 Å². The molecule has 0 aliphatic rings. The zero-order valence-corrected chi connectivity index (χ0v) is 9.96. The zero-order valence-electron chi connectivity index (χ0n) is 9.20. The third-order valence-corrected chi connectivity index (χ3v) is 2.76. The lowest BCUT2D eigenvalue weighted by molar-refractivity contribution is 1.45. The second-order valence-corrected chi connectivity index (χ2v) is 4.28. The van der Waals surface area contributed by atoms with Gasteiger partial charge in [0.1, 0.15) is 0 Å². The van der Waals surface area contributed by atoms with Crippen LogP contribution in [0.15, 0.2) is 49.0 Å². The Hall–Kier alpha value is -1.53. The van der Waals surface area contributed by atoms with Crippen molar-refractivity contribution < 1.29 is 0 Å². The standard InChI is InChI=1S/C15H13Cl/c1-3-12-8-11(2)9-14(10-12)13-4-6-15(16)7-5-13/h3-10H,1H2,2H3. The molecule has 0 aliphatic carbocycles. The highest BCUT2D eigenvalue weighted by atomic mass is 35.5. The molecule has 1 heteroatoms. The molecule has 0 atom stereocenters. The number of hydrogen-bond donors (Lipinski definition) is 0. The Labute approximate surface area is 101 Å². The molecule has 0 heterocycles. The first-order valence-electron chi connectivity index (χ1n) is 5.19. The van der Waals surface area contributed by atoms with E-state index in [1.807, 2.05) is 30.3 Å². The molecule has 0 aromatic heterocycles. The van der Waals surface area contributed by atoms with Crippen LogP contribution < -0.4 is 0 Å². The summed E-state index contributed by atoms with van der Waals surface area (Å²) in [4.78, 5) is 0. The lowest BCUT2D eigenvalue weighted by Crippen LogP contribution is -1.82. The van der Waals surface area contributed by atoms with Gasteiger partial charge < -0.3 is 0 Å². The second-order valence-electron chi connectivity index (χ2n) is 3.84. The highest BCUT2D eigenvalue weighted by Crippen LogP contribution is 2.24. The summed E-state index contributed by atoms with van der Waals surface area (Å²) in [5.74, 6) is 0. The number of aryl methyl sites for hydroxylation is 1. The number of hydrogen-bond acceptors (Lipinski definition) is 0. The zero-order chi connectivity index (χ0) is 11.5. The van der Waals surface area contributed by atoms with E-state index >= 15 is 0 Å². The van der Waals surface area contributed by atoms with Gasteiger partial charge >= 0.3 is 0 Å². The van der Waals surface area contributed by atoms with Gasteiger partial charge in [-0.2, -0.15) is 0 Å². The summed E-state index contributed by atoms with van der Waals surface area (Å²) in [6.45, 7) is 5.89. The Kier molecular flexibility index (Phi) is 3.12. The van der Waals surface area contributed by atoms with Gasteiger partial charge in [0.05, 0.1) is 0 Å². The molecule has 80 valence electrons. The van der Waals surface area contributed by atoms with Crippen LogP contribution in [0.4, 0.5) is 0 Å². The quantitative estimate of drug-likeness (QED) is 0.682. The summed E-state index contributed by atoms with van der Waals surface area (Å²) in [7, 11) is 0. The predicted octanol–water partition coefficient (Wildman–Crippen LogP) is 4.96. The molecule has 0 fully saturated rings. The molecule has 0 saturated carbocycles. The number of rotatable bonds is 2. The van der Waals surface area contributed by atoms with Crippen LogP contribution in [0.3, 0.4) is 0 Å². The van der Waals surface area contributed by atoms with Gasteiger partial charge in [-0.25, -0.2) is 0 Å². The van der Waals surface area contributed by atoms with Crippen molar-refractivity contribution in [3.8, 4) is 11.1 Å². The summed E-state index contributed by atoms with van der Waals surface area (Å²) in [5.41, 5.74) is 4.76. The monoisotopic (exact) mass is 228 g/mol. The number of benzene rings is 2. The highest BCUT2D eigenvalue weighted by molar-refractivity contribution is 6.30. The summed E-state index contributed by atoms with van der Waals surface area (Å²) < 4.78 is 0. The fourth-order valence-corrected chi connectivity index (χ4v) is 1.87. The smallest absolute Gasteiger partial charge is 0.0406 e. The van der Waals surface area contributed by atoms with E-state index in [1.54, 1.807) is 0 Å². The van der Waals surface area contributed by atoms with Crippen molar-refractivity contribution in [2.24, 2.45) is 0 Å². The molecular formula is C15H13Cl. The van der Waals surface area contributed by atoms with Crippen molar-refractivity contribution in [3.05, 3.63) is 65.2 Å². The molecule has 16 heavy (non-hydrogen) atoms. The van der Waals surface area contributed by atoms with Crippen LogP contribution in [-0.4, -0.2) is 0 Å². The Morgan fingerprint density at radius 2 is 1.69 bits per heavy atom. The topological polar surface area (TPSA) is 0 Å². The maximum absolute atomic E-state index is 5.87. The Balaban J connectivity index is 2.51. The van der Waals surface area contributed by atoms with E-state index in [2.05, 4.69) is 31.7 Å². The van der Waals surface area contributed by atoms with Gasteiger partial charge in [0.2, 0.25) is 0 Å². The first-order chi connectivity index (χ1) is 7.69. The van der Waals surface area contributed by atoms with Gasteiger partial charge in [-0.3, -0.25) is 0 Å². The van der Waals surface area contributed by atoms with E-state index in [-0.39, 0.29) is 0 Å². The fourth-order valence-electron chi connectivity index (χ4n) is 1.74. The highest BCUT2D eigenvalue weighted by Gasteiger charge is 1.99. The molecule has 0 bridgehead atoms. The van der Waals surface area contributed by atoms with Gasteiger partial charge in [-0.05, 0) is 47.4 Å². The van der Waals surface area contributed by atoms with E-state index in [4.69, 9.17) is 11.6 Å². The average molecular weight is 229 g/mol. The van der Waals surface area contributed by atoms with Crippen molar-refractivity contribution in [1.82, 2.24) is 0 Å². The fraction of sp³-hybridized carbons (Fsp3) is 0.0667. The normalized spacial score (nSPS) is 10.1. The van der Waals surface area contributed by atoms with Crippen LogP contribution >= 0.6 is 11.6 Å². The SMILES string of the molecule is C=Cc1cc(C)cc(-c2ccc(Cl)cc2)c1. The molecular weight excluding hydrogens is 216 g/mol. The molecule has 0 spiro atoms. The van der Waals surface area contributed by atoms with Gasteiger partial charge in [-0.1, -0.05) is 48.5 Å². The van der Waals surface area contributed by atoms with Gasteiger partial charge in [0.25, 0.3) is 0 Å². The van der Waals surface area contributed by atoms with Crippen molar-refractivity contribution in [2.75, 3.05) is 0 Å². The van der Waals surface area contributed by atoms with E-state index in [1.165, 1.54) is 16.7 Å². The molecule has 0 aliphatic heterocycles. The van der Waals surface area contributed by atoms with Crippen molar-refractivity contribution in [2.45, 2.75) is 6.92 Å². The lowest BCUT2D eigenvalue weighted by Gasteiger charge is -2.05. The van der Waals surface area contributed by atoms with Crippen LogP contribution in [0.5, 0.6) is 0 Å². The maximum Gasteiger partial charge on any atom is 0.0406 e. The van der Waals surface area contributed by atoms with Gasteiger partial charge in [-0.15, -0.1) is 0 Å². The van der Waals surface area contributed by atoms with E-state index < -0.39 is 0 Å². The summed E-state index contributed by atoms with van der Waals surface area (Å²) in [6.07, 6.45) is 1.87. The maximum atomic E-state index is 5.87. The van der Waals surface area contributed by atoms with Crippen LogP contribution in [0.2, 0.25) is 5.02 Å².